The molecule has 1 aromatic carbocycles. The Hall–Kier alpha value is -2.10. The molecule has 2 rings (SSSR count). The van der Waals surface area contributed by atoms with E-state index in [0.29, 0.717) is 5.88 Å². The van der Waals surface area contributed by atoms with Gasteiger partial charge in [0.05, 0.1) is 12.8 Å². The standard InChI is InChI=1S/C11H10N2O2/c1-15-10-7-8-13(11(14)12-10)9-5-3-2-4-6-9/h2-8H,1H3. The molecule has 0 unspecified atom stereocenters. The van der Waals surface area contributed by atoms with E-state index in [-0.39, 0.29) is 5.69 Å². The predicted octanol–water partition coefficient (Wildman–Crippen LogP) is 1.24. The van der Waals surface area contributed by atoms with Crippen molar-refractivity contribution in [2.45, 2.75) is 0 Å². The molecule has 0 aliphatic carbocycles. The summed E-state index contributed by atoms with van der Waals surface area (Å²) in [5, 5.41) is 0. The van der Waals surface area contributed by atoms with Gasteiger partial charge in [-0.3, -0.25) is 4.57 Å². The molecule has 0 aliphatic rings. The maximum atomic E-state index is 11.6. The zero-order valence-corrected chi connectivity index (χ0v) is 8.25. The quantitative estimate of drug-likeness (QED) is 0.736. The summed E-state index contributed by atoms with van der Waals surface area (Å²) in [5.41, 5.74) is 0.443. The summed E-state index contributed by atoms with van der Waals surface area (Å²) in [7, 11) is 1.48. The average Bonchev–Trinajstić information content (AvgIpc) is 2.30. The molecule has 4 heteroatoms. The van der Waals surface area contributed by atoms with E-state index in [1.165, 1.54) is 11.7 Å². The molecule has 0 saturated heterocycles. The molecule has 0 saturated carbocycles. The molecule has 0 bridgehead atoms. The van der Waals surface area contributed by atoms with Crippen LogP contribution in [0, 0.1) is 0 Å². The largest absolute Gasteiger partial charge is 0.481 e. The van der Waals surface area contributed by atoms with Crippen LogP contribution in [0.5, 0.6) is 5.88 Å². The fourth-order valence-electron chi connectivity index (χ4n) is 1.29. The number of aromatic nitrogens is 2. The summed E-state index contributed by atoms with van der Waals surface area (Å²) in [6, 6.07) is 11.0. The van der Waals surface area contributed by atoms with Gasteiger partial charge >= 0.3 is 5.69 Å². The molecule has 2 aromatic rings. The van der Waals surface area contributed by atoms with Crippen molar-refractivity contribution in [2.75, 3.05) is 7.11 Å². The van der Waals surface area contributed by atoms with Crippen LogP contribution in [0.15, 0.2) is 47.4 Å². The van der Waals surface area contributed by atoms with E-state index >= 15 is 0 Å². The minimum absolute atomic E-state index is 0.326. The van der Waals surface area contributed by atoms with Gasteiger partial charge in [-0.05, 0) is 12.1 Å². The number of methoxy groups -OCH3 is 1. The molecule has 4 nitrogen and oxygen atoms in total. The molecule has 0 atom stereocenters. The zero-order valence-electron chi connectivity index (χ0n) is 8.25. The van der Waals surface area contributed by atoms with Gasteiger partial charge in [0.15, 0.2) is 0 Å². The molecule has 0 N–H and O–H groups in total. The van der Waals surface area contributed by atoms with Crippen molar-refractivity contribution in [3.63, 3.8) is 0 Å². The highest BCUT2D eigenvalue weighted by Gasteiger charge is 2.00. The summed E-state index contributed by atoms with van der Waals surface area (Å²) in [6.45, 7) is 0. The first-order valence-electron chi connectivity index (χ1n) is 4.50. The van der Waals surface area contributed by atoms with Crippen LogP contribution in [0.3, 0.4) is 0 Å². The topological polar surface area (TPSA) is 44.1 Å². The normalized spacial score (nSPS) is 9.93. The van der Waals surface area contributed by atoms with E-state index in [2.05, 4.69) is 4.98 Å². The van der Waals surface area contributed by atoms with E-state index < -0.39 is 0 Å². The second kappa shape index (κ2) is 3.96. The van der Waals surface area contributed by atoms with E-state index in [4.69, 9.17) is 4.74 Å². The molecule has 76 valence electrons. The van der Waals surface area contributed by atoms with Crippen molar-refractivity contribution in [2.24, 2.45) is 0 Å². The second-order valence-electron chi connectivity index (χ2n) is 2.96. The van der Waals surface area contributed by atoms with Gasteiger partial charge in [0.25, 0.3) is 0 Å². The van der Waals surface area contributed by atoms with E-state index in [1.807, 2.05) is 30.3 Å². The van der Waals surface area contributed by atoms with Crippen LogP contribution in [0.2, 0.25) is 0 Å². The molecule has 1 heterocycles. The lowest BCUT2D eigenvalue weighted by Gasteiger charge is -2.04. The Kier molecular flexibility index (Phi) is 2.49. The van der Waals surface area contributed by atoms with Gasteiger partial charge in [-0.15, -0.1) is 0 Å². The van der Waals surface area contributed by atoms with Crippen LogP contribution in [0.4, 0.5) is 0 Å². The molecule has 0 spiro atoms. The van der Waals surface area contributed by atoms with Crippen molar-refractivity contribution in [1.82, 2.24) is 9.55 Å². The fraction of sp³-hybridized carbons (Fsp3) is 0.0909. The van der Waals surface area contributed by atoms with Crippen molar-refractivity contribution in [1.29, 1.82) is 0 Å². The molecular weight excluding hydrogens is 192 g/mol. The molecule has 1 aromatic heterocycles. The SMILES string of the molecule is COc1ccn(-c2ccccc2)c(=O)n1. The number of benzene rings is 1. The summed E-state index contributed by atoms with van der Waals surface area (Å²) < 4.78 is 6.32. The number of rotatable bonds is 2. The number of nitrogens with zero attached hydrogens (tertiary/aromatic N) is 2. The van der Waals surface area contributed by atoms with E-state index in [1.54, 1.807) is 12.3 Å². The van der Waals surface area contributed by atoms with Crippen LogP contribution in [0.25, 0.3) is 5.69 Å². The Bertz CT molecular complexity index is 505. The molecule has 0 amide bonds. The summed E-state index contributed by atoms with van der Waals surface area (Å²) in [4.78, 5) is 15.3. The Morgan fingerprint density at radius 2 is 1.93 bits per heavy atom. The smallest absolute Gasteiger partial charge is 0.355 e. The molecule has 0 radical (unpaired) electrons. The van der Waals surface area contributed by atoms with Crippen molar-refractivity contribution < 1.29 is 4.74 Å². The Morgan fingerprint density at radius 1 is 1.20 bits per heavy atom. The number of hydrogen-bond donors (Lipinski definition) is 0. The predicted molar refractivity (Wildman–Crippen MR) is 56.4 cm³/mol. The number of hydrogen-bond acceptors (Lipinski definition) is 3. The highest BCUT2D eigenvalue weighted by Crippen LogP contribution is 2.05. The third-order valence-corrected chi connectivity index (χ3v) is 2.02. The number of para-hydroxylation sites is 1. The first-order valence-corrected chi connectivity index (χ1v) is 4.50. The monoisotopic (exact) mass is 202 g/mol. The van der Waals surface area contributed by atoms with Crippen LogP contribution in [-0.2, 0) is 0 Å². The minimum atomic E-state index is -0.347. The Morgan fingerprint density at radius 3 is 2.53 bits per heavy atom. The van der Waals surface area contributed by atoms with Gasteiger partial charge in [0.2, 0.25) is 5.88 Å². The van der Waals surface area contributed by atoms with Crippen LogP contribution < -0.4 is 10.4 Å². The summed E-state index contributed by atoms with van der Waals surface area (Å²) >= 11 is 0. The van der Waals surface area contributed by atoms with E-state index in [9.17, 15) is 4.79 Å². The third kappa shape index (κ3) is 1.88. The number of ether oxygens (including phenoxy) is 1. The van der Waals surface area contributed by atoms with Gasteiger partial charge in [-0.2, -0.15) is 4.98 Å². The minimum Gasteiger partial charge on any atom is -0.481 e. The lowest BCUT2D eigenvalue weighted by molar-refractivity contribution is 0.394. The van der Waals surface area contributed by atoms with Crippen LogP contribution in [-0.4, -0.2) is 16.7 Å². The van der Waals surface area contributed by atoms with E-state index in [0.717, 1.165) is 5.69 Å². The highest BCUT2D eigenvalue weighted by atomic mass is 16.5. The van der Waals surface area contributed by atoms with Gasteiger partial charge in [-0.25, -0.2) is 4.79 Å². The fourth-order valence-corrected chi connectivity index (χ4v) is 1.29. The molecule has 15 heavy (non-hydrogen) atoms. The highest BCUT2D eigenvalue weighted by molar-refractivity contribution is 5.31. The first kappa shape index (κ1) is 9.45. The van der Waals surface area contributed by atoms with Gasteiger partial charge in [-0.1, -0.05) is 18.2 Å². The maximum Gasteiger partial charge on any atom is 0.355 e. The molecule has 0 aliphatic heterocycles. The van der Waals surface area contributed by atoms with Crippen molar-refractivity contribution in [3.8, 4) is 11.6 Å². The van der Waals surface area contributed by atoms with Gasteiger partial charge in [0.1, 0.15) is 0 Å². The van der Waals surface area contributed by atoms with Crippen LogP contribution in [0.1, 0.15) is 0 Å². The second-order valence-corrected chi connectivity index (χ2v) is 2.96. The van der Waals surface area contributed by atoms with Crippen LogP contribution >= 0.6 is 0 Å². The average molecular weight is 202 g/mol. The van der Waals surface area contributed by atoms with Gasteiger partial charge in [0, 0.05) is 12.3 Å². The van der Waals surface area contributed by atoms with Crippen molar-refractivity contribution in [3.05, 3.63) is 53.1 Å². The Labute approximate surface area is 86.8 Å². The van der Waals surface area contributed by atoms with Gasteiger partial charge < -0.3 is 4.74 Å². The maximum absolute atomic E-state index is 11.6. The lowest BCUT2D eigenvalue weighted by atomic mass is 10.3. The lowest BCUT2D eigenvalue weighted by Crippen LogP contribution is -2.20. The summed E-state index contributed by atoms with van der Waals surface area (Å²) in [5.74, 6) is 0.326. The zero-order chi connectivity index (χ0) is 10.7. The van der Waals surface area contributed by atoms with Crippen molar-refractivity contribution >= 4 is 0 Å². The first-order chi connectivity index (χ1) is 7.31. The third-order valence-electron chi connectivity index (χ3n) is 2.02. The molecule has 0 fully saturated rings. The Balaban J connectivity index is 2.51. The summed E-state index contributed by atoms with van der Waals surface area (Å²) in [6.07, 6.45) is 1.64. The molecular formula is C11H10N2O2.